The van der Waals surface area contributed by atoms with E-state index in [1.54, 1.807) is 25.2 Å². The van der Waals surface area contributed by atoms with Crippen molar-refractivity contribution in [1.29, 1.82) is 0 Å². The number of halogens is 3. The van der Waals surface area contributed by atoms with Crippen LogP contribution >= 0.6 is 0 Å². The second kappa shape index (κ2) is 6.29. The first kappa shape index (κ1) is 16.5. The van der Waals surface area contributed by atoms with E-state index in [4.69, 9.17) is 0 Å². The van der Waals surface area contributed by atoms with E-state index < -0.39 is 11.9 Å². The smallest absolute Gasteiger partial charge is 0.363 e. The SMILES string of the molecule is CN(C)c1cc(C(F)(F)F)nc(N2CCC(n3cccn3)CC2)n1. The minimum absolute atomic E-state index is 0.132. The molecule has 0 radical (unpaired) electrons. The van der Waals surface area contributed by atoms with E-state index in [1.807, 2.05) is 21.8 Å². The summed E-state index contributed by atoms with van der Waals surface area (Å²) in [6, 6.07) is 3.10. The molecular formula is C15H19F3N6. The Morgan fingerprint density at radius 1 is 1.17 bits per heavy atom. The number of hydrogen-bond acceptors (Lipinski definition) is 5. The van der Waals surface area contributed by atoms with Crippen molar-refractivity contribution in [3.8, 4) is 0 Å². The predicted molar refractivity (Wildman–Crippen MR) is 84.1 cm³/mol. The Hall–Kier alpha value is -2.32. The highest BCUT2D eigenvalue weighted by Crippen LogP contribution is 2.32. The Kier molecular flexibility index (Phi) is 4.33. The quantitative estimate of drug-likeness (QED) is 0.860. The zero-order valence-electron chi connectivity index (χ0n) is 13.5. The van der Waals surface area contributed by atoms with Crippen LogP contribution in [0.2, 0.25) is 0 Å². The van der Waals surface area contributed by atoms with Gasteiger partial charge in [0.25, 0.3) is 0 Å². The number of anilines is 2. The lowest BCUT2D eigenvalue weighted by Gasteiger charge is -2.32. The minimum Gasteiger partial charge on any atom is -0.363 e. The van der Waals surface area contributed by atoms with Crippen molar-refractivity contribution >= 4 is 11.8 Å². The van der Waals surface area contributed by atoms with Gasteiger partial charge in [-0.05, 0) is 18.9 Å². The van der Waals surface area contributed by atoms with Crippen LogP contribution in [-0.2, 0) is 6.18 Å². The first-order valence-corrected chi connectivity index (χ1v) is 7.72. The van der Waals surface area contributed by atoms with Gasteiger partial charge < -0.3 is 9.80 Å². The van der Waals surface area contributed by atoms with Crippen LogP contribution in [-0.4, -0.2) is 46.9 Å². The summed E-state index contributed by atoms with van der Waals surface area (Å²) in [5.41, 5.74) is -0.912. The van der Waals surface area contributed by atoms with Gasteiger partial charge in [-0.3, -0.25) is 4.68 Å². The molecule has 0 unspecified atom stereocenters. The lowest BCUT2D eigenvalue weighted by molar-refractivity contribution is -0.141. The Balaban J connectivity index is 1.80. The molecule has 0 saturated carbocycles. The van der Waals surface area contributed by atoms with Crippen LogP contribution in [0.5, 0.6) is 0 Å². The van der Waals surface area contributed by atoms with Gasteiger partial charge in [0.1, 0.15) is 5.82 Å². The molecule has 130 valence electrons. The largest absolute Gasteiger partial charge is 0.433 e. The van der Waals surface area contributed by atoms with Crippen LogP contribution in [0.25, 0.3) is 0 Å². The van der Waals surface area contributed by atoms with Gasteiger partial charge in [0.2, 0.25) is 5.95 Å². The molecule has 1 saturated heterocycles. The van der Waals surface area contributed by atoms with E-state index in [9.17, 15) is 13.2 Å². The van der Waals surface area contributed by atoms with Crippen molar-refractivity contribution in [3.63, 3.8) is 0 Å². The van der Waals surface area contributed by atoms with Crippen molar-refractivity contribution in [1.82, 2.24) is 19.7 Å². The Morgan fingerprint density at radius 3 is 2.42 bits per heavy atom. The van der Waals surface area contributed by atoms with E-state index >= 15 is 0 Å². The molecule has 0 atom stereocenters. The van der Waals surface area contributed by atoms with Gasteiger partial charge >= 0.3 is 6.18 Å². The van der Waals surface area contributed by atoms with Gasteiger partial charge in [-0.25, -0.2) is 4.98 Å². The van der Waals surface area contributed by atoms with Crippen molar-refractivity contribution in [2.24, 2.45) is 0 Å². The highest BCUT2D eigenvalue weighted by atomic mass is 19.4. The maximum Gasteiger partial charge on any atom is 0.433 e. The van der Waals surface area contributed by atoms with Crippen molar-refractivity contribution < 1.29 is 13.2 Å². The second-order valence-corrected chi connectivity index (χ2v) is 6.01. The first-order valence-electron chi connectivity index (χ1n) is 7.72. The summed E-state index contributed by atoms with van der Waals surface area (Å²) >= 11 is 0. The predicted octanol–water partition coefficient (Wildman–Crippen LogP) is 2.60. The van der Waals surface area contributed by atoms with E-state index in [1.165, 1.54) is 0 Å². The van der Waals surface area contributed by atoms with Gasteiger partial charge in [0.05, 0.1) is 6.04 Å². The van der Waals surface area contributed by atoms with E-state index in [2.05, 4.69) is 15.1 Å². The molecular weight excluding hydrogens is 321 g/mol. The third kappa shape index (κ3) is 3.44. The third-order valence-corrected chi connectivity index (χ3v) is 4.10. The number of hydrogen-bond donors (Lipinski definition) is 0. The number of aromatic nitrogens is 4. The summed E-state index contributed by atoms with van der Waals surface area (Å²) in [6.45, 7) is 1.19. The Morgan fingerprint density at radius 2 is 1.88 bits per heavy atom. The molecule has 24 heavy (non-hydrogen) atoms. The van der Waals surface area contributed by atoms with E-state index in [-0.39, 0.29) is 17.8 Å². The molecule has 0 N–H and O–H groups in total. The molecule has 1 fully saturated rings. The highest BCUT2D eigenvalue weighted by molar-refractivity contribution is 5.45. The van der Waals surface area contributed by atoms with Gasteiger partial charge in [-0.1, -0.05) is 0 Å². The Labute approximate surface area is 137 Å². The van der Waals surface area contributed by atoms with Gasteiger partial charge in [0.15, 0.2) is 5.69 Å². The maximum atomic E-state index is 13.1. The molecule has 2 aromatic rings. The second-order valence-electron chi connectivity index (χ2n) is 6.01. The summed E-state index contributed by atoms with van der Waals surface area (Å²) in [5, 5.41) is 4.23. The molecule has 0 aromatic carbocycles. The lowest BCUT2D eigenvalue weighted by atomic mass is 10.1. The number of alkyl halides is 3. The zero-order chi connectivity index (χ0) is 17.3. The number of piperidine rings is 1. The van der Waals surface area contributed by atoms with Crippen molar-refractivity contribution in [3.05, 3.63) is 30.2 Å². The summed E-state index contributed by atoms with van der Waals surface area (Å²) in [4.78, 5) is 11.4. The maximum absolute atomic E-state index is 13.1. The fourth-order valence-electron chi connectivity index (χ4n) is 2.76. The molecule has 3 rings (SSSR count). The molecule has 0 amide bonds. The molecule has 0 bridgehead atoms. The van der Waals surface area contributed by atoms with Gasteiger partial charge in [-0.15, -0.1) is 0 Å². The summed E-state index contributed by atoms with van der Waals surface area (Å²) in [7, 11) is 3.33. The van der Waals surface area contributed by atoms with Gasteiger partial charge in [0, 0.05) is 45.6 Å². The number of nitrogens with zero attached hydrogens (tertiary/aromatic N) is 6. The lowest BCUT2D eigenvalue weighted by Crippen LogP contribution is -2.36. The first-order chi connectivity index (χ1) is 11.3. The Bertz CT molecular complexity index is 675. The van der Waals surface area contributed by atoms with Crippen LogP contribution in [0.15, 0.2) is 24.5 Å². The molecule has 1 aliphatic heterocycles. The van der Waals surface area contributed by atoms with E-state index in [0.29, 0.717) is 13.1 Å². The summed E-state index contributed by atoms with van der Waals surface area (Å²) in [6.07, 6.45) is 0.726. The van der Waals surface area contributed by atoms with Crippen LogP contribution in [0, 0.1) is 0 Å². The van der Waals surface area contributed by atoms with Crippen molar-refractivity contribution in [2.45, 2.75) is 25.1 Å². The summed E-state index contributed by atoms with van der Waals surface area (Å²) in [5.74, 6) is 0.383. The number of rotatable bonds is 3. The third-order valence-electron chi connectivity index (χ3n) is 4.10. The molecule has 2 aromatic heterocycles. The molecule has 6 nitrogen and oxygen atoms in total. The van der Waals surface area contributed by atoms with Crippen LogP contribution in [0.1, 0.15) is 24.6 Å². The highest BCUT2D eigenvalue weighted by Gasteiger charge is 2.35. The van der Waals surface area contributed by atoms with Gasteiger partial charge in [-0.2, -0.15) is 23.3 Å². The van der Waals surface area contributed by atoms with E-state index in [0.717, 1.165) is 18.9 Å². The normalized spacial score (nSPS) is 16.5. The molecule has 3 heterocycles. The zero-order valence-corrected chi connectivity index (χ0v) is 13.5. The fourth-order valence-corrected chi connectivity index (χ4v) is 2.76. The average molecular weight is 340 g/mol. The monoisotopic (exact) mass is 340 g/mol. The van der Waals surface area contributed by atoms with Crippen LogP contribution in [0.4, 0.5) is 24.9 Å². The average Bonchev–Trinajstić information content (AvgIpc) is 3.08. The molecule has 1 aliphatic rings. The molecule has 0 aliphatic carbocycles. The topological polar surface area (TPSA) is 50.1 Å². The van der Waals surface area contributed by atoms with Crippen LogP contribution < -0.4 is 9.80 Å². The fraction of sp³-hybridized carbons (Fsp3) is 0.533. The molecule has 9 heteroatoms. The summed E-state index contributed by atoms with van der Waals surface area (Å²) < 4.78 is 41.2. The van der Waals surface area contributed by atoms with Crippen molar-refractivity contribution in [2.75, 3.05) is 37.0 Å². The van der Waals surface area contributed by atoms with Crippen LogP contribution in [0.3, 0.4) is 0 Å². The molecule has 0 spiro atoms. The minimum atomic E-state index is -4.49. The standard InChI is InChI=1S/C15H19F3N6/c1-22(2)13-10-12(15(16,17)18)20-14(21-13)23-8-4-11(5-9-23)24-7-3-6-19-24/h3,6-7,10-11H,4-5,8-9H2,1-2H3.